The highest BCUT2D eigenvalue weighted by Gasteiger charge is 2.26. The average Bonchev–Trinajstić information content (AvgIpc) is 2.41. The molecule has 1 aliphatic rings. The summed E-state index contributed by atoms with van der Waals surface area (Å²) in [6.07, 6.45) is 3.29. The van der Waals surface area contributed by atoms with E-state index in [9.17, 15) is 4.79 Å². The zero-order valence-corrected chi connectivity index (χ0v) is 12.7. The van der Waals surface area contributed by atoms with Gasteiger partial charge >= 0.3 is 0 Å². The third kappa shape index (κ3) is 3.45. The van der Waals surface area contributed by atoms with Crippen LogP contribution >= 0.6 is 22.6 Å². The van der Waals surface area contributed by atoms with E-state index in [2.05, 4.69) is 40.1 Å². The molecule has 1 heterocycles. The fourth-order valence-corrected chi connectivity index (χ4v) is 2.87. The summed E-state index contributed by atoms with van der Waals surface area (Å²) in [6, 6.07) is 7.82. The monoisotopic (exact) mass is 358 g/mol. The number of piperidine rings is 1. The maximum absolute atomic E-state index is 12.2. The molecule has 0 radical (unpaired) electrons. The molecular weight excluding hydrogens is 339 g/mol. The summed E-state index contributed by atoms with van der Waals surface area (Å²) >= 11 is 2.24. The van der Waals surface area contributed by atoms with Crippen LogP contribution in [0.3, 0.4) is 0 Å². The number of hydrogen-bond donors (Lipinski definition) is 2. The van der Waals surface area contributed by atoms with Gasteiger partial charge in [-0.15, -0.1) is 0 Å². The molecule has 1 amide bonds. The van der Waals surface area contributed by atoms with Crippen LogP contribution in [0.15, 0.2) is 24.3 Å². The first kappa shape index (κ1) is 13.8. The first-order valence-corrected chi connectivity index (χ1v) is 7.57. The summed E-state index contributed by atoms with van der Waals surface area (Å²) in [4.78, 5) is 12.2. The molecule has 18 heavy (non-hydrogen) atoms. The van der Waals surface area contributed by atoms with Crippen molar-refractivity contribution in [3.8, 4) is 0 Å². The molecule has 2 N–H and O–H groups in total. The van der Waals surface area contributed by atoms with Crippen molar-refractivity contribution >= 4 is 34.2 Å². The summed E-state index contributed by atoms with van der Waals surface area (Å²) < 4.78 is 1.08. The van der Waals surface area contributed by atoms with Gasteiger partial charge in [0.05, 0.1) is 11.7 Å². The van der Waals surface area contributed by atoms with Gasteiger partial charge in [0.25, 0.3) is 0 Å². The van der Waals surface area contributed by atoms with Crippen molar-refractivity contribution in [2.75, 3.05) is 11.9 Å². The molecule has 3 nitrogen and oxygen atoms in total. The molecule has 2 rings (SSSR count). The number of rotatable bonds is 3. The lowest BCUT2D eigenvalue weighted by Gasteiger charge is -2.28. The second kappa shape index (κ2) is 6.52. The lowest BCUT2D eigenvalue weighted by Crippen LogP contribution is -2.46. The van der Waals surface area contributed by atoms with E-state index in [0.717, 1.165) is 28.6 Å². The largest absolute Gasteiger partial charge is 0.324 e. The summed E-state index contributed by atoms with van der Waals surface area (Å²) in [5.41, 5.74) is 0.906. The van der Waals surface area contributed by atoms with Gasteiger partial charge in [0, 0.05) is 3.57 Å². The Morgan fingerprint density at radius 1 is 1.50 bits per heavy atom. The molecule has 0 spiro atoms. The molecule has 4 heteroatoms. The van der Waals surface area contributed by atoms with Crippen LogP contribution in [0.5, 0.6) is 0 Å². The Morgan fingerprint density at radius 3 is 3.00 bits per heavy atom. The molecule has 1 aromatic carbocycles. The molecule has 0 aliphatic carbocycles. The highest BCUT2D eigenvalue weighted by atomic mass is 127. The Balaban J connectivity index is 1.97. The number of amides is 1. The SMILES string of the molecule is CCC1CCNC(C(=O)Nc2ccccc2I)C1. The summed E-state index contributed by atoms with van der Waals surface area (Å²) in [5.74, 6) is 0.772. The molecule has 1 aliphatic heterocycles. The number of benzene rings is 1. The van der Waals surface area contributed by atoms with Crippen LogP contribution in [0.2, 0.25) is 0 Å². The van der Waals surface area contributed by atoms with Crippen molar-refractivity contribution < 1.29 is 4.79 Å². The van der Waals surface area contributed by atoms with Crippen LogP contribution in [0.25, 0.3) is 0 Å². The van der Waals surface area contributed by atoms with Gasteiger partial charge in [0.1, 0.15) is 0 Å². The predicted octanol–water partition coefficient (Wildman–Crippen LogP) is 3.01. The van der Waals surface area contributed by atoms with Gasteiger partial charge in [-0.05, 0) is 60.0 Å². The number of halogens is 1. The van der Waals surface area contributed by atoms with Gasteiger partial charge in [-0.1, -0.05) is 25.5 Å². The molecule has 98 valence electrons. The minimum Gasteiger partial charge on any atom is -0.324 e. The first-order valence-electron chi connectivity index (χ1n) is 6.49. The highest BCUT2D eigenvalue weighted by Crippen LogP contribution is 2.21. The number of nitrogens with one attached hydrogen (secondary N) is 2. The average molecular weight is 358 g/mol. The molecular formula is C14H19IN2O. The van der Waals surface area contributed by atoms with Crippen molar-refractivity contribution in [3.63, 3.8) is 0 Å². The number of carbonyl (C=O) groups is 1. The fraction of sp³-hybridized carbons (Fsp3) is 0.500. The lowest BCUT2D eigenvalue weighted by molar-refractivity contribution is -0.119. The van der Waals surface area contributed by atoms with Gasteiger partial charge in [0.15, 0.2) is 0 Å². The molecule has 1 aromatic rings. The lowest BCUT2D eigenvalue weighted by atomic mass is 9.90. The standard InChI is InChI=1S/C14H19IN2O/c1-2-10-7-8-16-13(9-10)14(18)17-12-6-4-3-5-11(12)15/h3-6,10,13,16H,2,7-9H2,1H3,(H,17,18). The van der Waals surface area contributed by atoms with Gasteiger partial charge in [-0.2, -0.15) is 0 Å². The van der Waals surface area contributed by atoms with E-state index in [1.54, 1.807) is 0 Å². The molecule has 0 aromatic heterocycles. The molecule has 0 bridgehead atoms. The van der Waals surface area contributed by atoms with E-state index in [-0.39, 0.29) is 11.9 Å². The first-order chi connectivity index (χ1) is 8.70. The quantitative estimate of drug-likeness (QED) is 0.816. The number of hydrogen-bond acceptors (Lipinski definition) is 2. The second-order valence-corrected chi connectivity index (χ2v) is 5.94. The summed E-state index contributed by atoms with van der Waals surface area (Å²) in [5, 5.41) is 6.32. The topological polar surface area (TPSA) is 41.1 Å². The highest BCUT2D eigenvalue weighted by molar-refractivity contribution is 14.1. The Hall–Kier alpha value is -0.620. The normalized spacial score (nSPS) is 23.7. The van der Waals surface area contributed by atoms with Crippen LogP contribution in [0.4, 0.5) is 5.69 Å². The molecule has 1 saturated heterocycles. The van der Waals surface area contributed by atoms with Crippen LogP contribution < -0.4 is 10.6 Å². The molecule has 2 unspecified atom stereocenters. The van der Waals surface area contributed by atoms with Crippen LogP contribution in [0, 0.1) is 9.49 Å². The van der Waals surface area contributed by atoms with E-state index < -0.39 is 0 Å². The number of anilines is 1. The minimum absolute atomic E-state index is 0.0419. The Labute approximate surface area is 122 Å². The Kier molecular flexibility index (Phi) is 5.00. The predicted molar refractivity (Wildman–Crippen MR) is 82.6 cm³/mol. The van der Waals surface area contributed by atoms with Crippen LogP contribution in [-0.4, -0.2) is 18.5 Å². The molecule has 2 atom stereocenters. The van der Waals surface area contributed by atoms with E-state index >= 15 is 0 Å². The maximum atomic E-state index is 12.2. The fourth-order valence-electron chi connectivity index (χ4n) is 2.35. The summed E-state index contributed by atoms with van der Waals surface area (Å²) in [6.45, 7) is 3.15. The number of carbonyl (C=O) groups excluding carboxylic acids is 1. The Morgan fingerprint density at radius 2 is 2.28 bits per heavy atom. The summed E-state index contributed by atoms with van der Waals surface area (Å²) in [7, 11) is 0. The van der Waals surface area contributed by atoms with Crippen molar-refractivity contribution in [2.45, 2.75) is 32.2 Å². The van der Waals surface area contributed by atoms with E-state index in [1.165, 1.54) is 6.42 Å². The number of para-hydroxylation sites is 1. The van der Waals surface area contributed by atoms with Gasteiger partial charge in [-0.25, -0.2) is 0 Å². The molecule has 0 saturated carbocycles. The van der Waals surface area contributed by atoms with Crippen LogP contribution in [0.1, 0.15) is 26.2 Å². The smallest absolute Gasteiger partial charge is 0.241 e. The Bertz CT molecular complexity index is 422. The van der Waals surface area contributed by atoms with Crippen molar-refractivity contribution in [2.24, 2.45) is 5.92 Å². The van der Waals surface area contributed by atoms with Gasteiger partial charge < -0.3 is 10.6 Å². The van der Waals surface area contributed by atoms with Crippen molar-refractivity contribution in [1.29, 1.82) is 0 Å². The second-order valence-electron chi connectivity index (χ2n) is 4.77. The molecule has 1 fully saturated rings. The van der Waals surface area contributed by atoms with Crippen molar-refractivity contribution in [3.05, 3.63) is 27.8 Å². The van der Waals surface area contributed by atoms with Crippen molar-refractivity contribution in [1.82, 2.24) is 5.32 Å². The third-order valence-corrected chi connectivity index (χ3v) is 4.48. The van der Waals surface area contributed by atoms with Gasteiger partial charge in [-0.3, -0.25) is 4.79 Å². The van der Waals surface area contributed by atoms with E-state index in [1.807, 2.05) is 24.3 Å². The van der Waals surface area contributed by atoms with Crippen LogP contribution in [-0.2, 0) is 4.79 Å². The van der Waals surface area contributed by atoms with E-state index in [4.69, 9.17) is 0 Å². The zero-order valence-electron chi connectivity index (χ0n) is 10.6. The van der Waals surface area contributed by atoms with Gasteiger partial charge in [0.2, 0.25) is 5.91 Å². The maximum Gasteiger partial charge on any atom is 0.241 e. The zero-order chi connectivity index (χ0) is 13.0. The minimum atomic E-state index is -0.0419. The van der Waals surface area contributed by atoms with E-state index in [0.29, 0.717) is 5.92 Å². The third-order valence-electron chi connectivity index (χ3n) is 3.54.